The smallest absolute Gasteiger partial charge is 0.343 e. The first-order chi connectivity index (χ1) is 9.51. The summed E-state index contributed by atoms with van der Waals surface area (Å²) in [5, 5.41) is 2.62. The van der Waals surface area contributed by atoms with Gasteiger partial charge in [0, 0.05) is 12.6 Å². The number of rotatable bonds is 6. The number of carbonyl (C=O) groups excluding carboxylic acids is 3. The molecular weight excluding hydrogens is 266 g/mol. The van der Waals surface area contributed by atoms with Crippen LogP contribution in [0.1, 0.15) is 27.2 Å². The van der Waals surface area contributed by atoms with E-state index in [0.29, 0.717) is 0 Å². The zero-order valence-corrected chi connectivity index (χ0v) is 11.9. The summed E-state index contributed by atoms with van der Waals surface area (Å²) in [7, 11) is 0. The second-order valence-electron chi connectivity index (χ2n) is 4.06. The van der Waals surface area contributed by atoms with Crippen molar-refractivity contribution >= 4 is 17.9 Å². The topological polar surface area (TPSA) is 90.9 Å². The molecule has 7 nitrogen and oxygen atoms in total. The Bertz CT molecular complexity index is 411. The summed E-state index contributed by atoms with van der Waals surface area (Å²) in [4.78, 5) is 35.7. The van der Waals surface area contributed by atoms with Crippen molar-refractivity contribution in [3.05, 3.63) is 11.8 Å². The van der Waals surface area contributed by atoms with Crippen molar-refractivity contribution < 1.29 is 28.6 Å². The van der Waals surface area contributed by atoms with Gasteiger partial charge < -0.3 is 19.5 Å². The number of hydrogen-bond donors (Lipinski definition) is 1. The maximum atomic E-state index is 12.0. The molecule has 0 saturated carbocycles. The second-order valence-corrected chi connectivity index (χ2v) is 4.06. The Balaban J connectivity index is 2.92. The maximum absolute atomic E-state index is 12.0. The first-order valence-electron chi connectivity index (χ1n) is 6.50. The molecule has 0 radical (unpaired) electrons. The van der Waals surface area contributed by atoms with Crippen molar-refractivity contribution in [2.24, 2.45) is 0 Å². The fourth-order valence-corrected chi connectivity index (χ4v) is 1.81. The molecular formula is C13H19NO6. The van der Waals surface area contributed by atoms with Gasteiger partial charge in [0.25, 0.3) is 0 Å². The molecule has 0 aromatic carbocycles. The molecule has 0 aromatic heterocycles. The van der Waals surface area contributed by atoms with E-state index < -0.39 is 23.4 Å². The monoisotopic (exact) mass is 285 g/mol. The molecule has 0 spiro atoms. The molecule has 0 saturated heterocycles. The van der Waals surface area contributed by atoms with E-state index in [1.165, 1.54) is 6.20 Å². The normalized spacial score (nSPS) is 15.8. The first-order valence-corrected chi connectivity index (χ1v) is 6.50. The van der Waals surface area contributed by atoms with E-state index in [1.54, 1.807) is 20.8 Å². The highest BCUT2D eigenvalue weighted by atomic mass is 16.6. The largest absolute Gasteiger partial charge is 0.464 e. The van der Waals surface area contributed by atoms with Gasteiger partial charge in [-0.05, 0) is 20.8 Å². The number of nitrogens with one attached hydrogen (secondary N) is 1. The molecule has 0 unspecified atom stereocenters. The zero-order valence-electron chi connectivity index (χ0n) is 11.9. The van der Waals surface area contributed by atoms with E-state index in [2.05, 4.69) is 5.32 Å². The Labute approximate surface area is 117 Å². The number of hydrogen-bond acceptors (Lipinski definition) is 7. The predicted octanol–water partition coefficient (Wildman–Crippen LogP) is 0.292. The van der Waals surface area contributed by atoms with Crippen LogP contribution in [-0.2, 0) is 28.6 Å². The average Bonchev–Trinajstić information content (AvgIpc) is 2.86. The Morgan fingerprint density at radius 2 is 1.55 bits per heavy atom. The summed E-state index contributed by atoms with van der Waals surface area (Å²) in [6.07, 6.45) is 1.15. The van der Waals surface area contributed by atoms with E-state index in [4.69, 9.17) is 14.2 Å². The van der Waals surface area contributed by atoms with E-state index in [1.807, 2.05) is 0 Å². The molecule has 0 bridgehead atoms. The van der Waals surface area contributed by atoms with Gasteiger partial charge in [0.05, 0.1) is 25.4 Å². The van der Waals surface area contributed by atoms with Gasteiger partial charge in [0.1, 0.15) is 0 Å². The van der Waals surface area contributed by atoms with Crippen molar-refractivity contribution in [3.63, 3.8) is 0 Å². The lowest BCUT2D eigenvalue weighted by atomic mass is 9.94. The third kappa shape index (κ3) is 3.09. The van der Waals surface area contributed by atoms with Gasteiger partial charge in [0.2, 0.25) is 5.54 Å². The molecule has 0 aromatic rings. The van der Waals surface area contributed by atoms with Gasteiger partial charge >= 0.3 is 17.9 Å². The Morgan fingerprint density at radius 1 is 1.05 bits per heavy atom. The Morgan fingerprint density at radius 3 is 2.00 bits per heavy atom. The van der Waals surface area contributed by atoms with Gasteiger partial charge in [0.15, 0.2) is 0 Å². The summed E-state index contributed by atoms with van der Waals surface area (Å²) < 4.78 is 14.6. The highest BCUT2D eigenvalue weighted by Gasteiger charge is 2.53. The molecule has 0 atom stereocenters. The molecule has 1 N–H and O–H groups in total. The quantitative estimate of drug-likeness (QED) is 0.426. The standard InChI is InChI=1S/C13H19NO6/c1-4-18-10(15)9-7-13(14-8-9,11(16)19-5-2)12(17)20-6-3/h8,14H,4-7H2,1-3H3. The van der Waals surface area contributed by atoms with Crippen molar-refractivity contribution in [2.75, 3.05) is 19.8 Å². The van der Waals surface area contributed by atoms with Crippen molar-refractivity contribution in [2.45, 2.75) is 32.7 Å². The van der Waals surface area contributed by atoms with E-state index in [9.17, 15) is 14.4 Å². The first kappa shape index (κ1) is 16.0. The predicted molar refractivity (Wildman–Crippen MR) is 68.5 cm³/mol. The van der Waals surface area contributed by atoms with Crippen LogP contribution >= 0.6 is 0 Å². The van der Waals surface area contributed by atoms with E-state index in [-0.39, 0.29) is 31.8 Å². The van der Waals surface area contributed by atoms with Crippen LogP contribution in [-0.4, -0.2) is 43.3 Å². The lowest BCUT2D eigenvalue weighted by Gasteiger charge is -2.25. The number of esters is 3. The van der Waals surface area contributed by atoms with Gasteiger partial charge in [-0.3, -0.25) is 0 Å². The van der Waals surface area contributed by atoms with Gasteiger partial charge in [-0.1, -0.05) is 0 Å². The lowest BCUT2D eigenvalue weighted by Crippen LogP contribution is -2.55. The lowest BCUT2D eigenvalue weighted by molar-refractivity contribution is -0.165. The van der Waals surface area contributed by atoms with E-state index >= 15 is 0 Å². The minimum Gasteiger partial charge on any atom is -0.464 e. The molecule has 0 fully saturated rings. The molecule has 20 heavy (non-hydrogen) atoms. The van der Waals surface area contributed by atoms with Gasteiger partial charge in [-0.15, -0.1) is 0 Å². The minimum atomic E-state index is -1.70. The third-order valence-electron chi connectivity index (χ3n) is 2.73. The fourth-order valence-electron chi connectivity index (χ4n) is 1.81. The molecule has 1 aliphatic rings. The summed E-state index contributed by atoms with van der Waals surface area (Å²) in [6.45, 7) is 5.39. The highest BCUT2D eigenvalue weighted by Crippen LogP contribution is 2.27. The third-order valence-corrected chi connectivity index (χ3v) is 2.73. The van der Waals surface area contributed by atoms with Crippen molar-refractivity contribution in [3.8, 4) is 0 Å². The number of ether oxygens (including phenoxy) is 3. The summed E-state index contributed by atoms with van der Waals surface area (Å²) in [5.41, 5.74) is -1.50. The Hall–Kier alpha value is -2.05. The van der Waals surface area contributed by atoms with Crippen LogP contribution < -0.4 is 5.32 Å². The van der Waals surface area contributed by atoms with Gasteiger partial charge in [-0.2, -0.15) is 0 Å². The second kappa shape index (κ2) is 6.93. The molecule has 7 heteroatoms. The maximum Gasteiger partial charge on any atom is 0.343 e. The highest BCUT2D eigenvalue weighted by molar-refractivity contribution is 6.08. The molecule has 1 rings (SSSR count). The van der Waals surface area contributed by atoms with Crippen molar-refractivity contribution in [1.29, 1.82) is 0 Å². The van der Waals surface area contributed by atoms with Crippen LogP contribution in [0.3, 0.4) is 0 Å². The SMILES string of the molecule is CCOC(=O)C1=CNC(C(=O)OCC)(C(=O)OCC)C1. The van der Waals surface area contributed by atoms with Gasteiger partial charge in [-0.25, -0.2) is 14.4 Å². The van der Waals surface area contributed by atoms with Crippen LogP contribution in [0.5, 0.6) is 0 Å². The zero-order chi connectivity index (χ0) is 15.2. The van der Waals surface area contributed by atoms with Crippen LogP contribution in [0.2, 0.25) is 0 Å². The van der Waals surface area contributed by atoms with E-state index in [0.717, 1.165) is 0 Å². The minimum absolute atomic E-state index is 0.121. The average molecular weight is 285 g/mol. The van der Waals surface area contributed by atoms with Crippen LogP contribution in [0, 0.1) is 0 Å². The summed E-state index contributed by atoms with van der Waals surface area (Å²) in [6, 6.07) is 0. The number of carbonyl (C=O) groups is 3. The fraction of sp³-hybridized carbons (Fsp3) is 0.615. The Kier molecular flexibility index (Phi) is 5.54. The van der Waals surface area contributed by atoms with Crippen LogP contribution in [0.4, 0.5) is 0 Å². The molecule has 1 aliphatic heterocycles. The summed E-state index contributed by atoms with van der Waals surface area (Å²) in [5.74, 6) is -2.11. The van der Waals surface area contributed by atoms with Crippen LogP contribution in [0.25, 0.3) is 0 Å². The molecule has 0 aliphatic carbocycles. The van der Waals surface area contributed by atoms with Crippen molar-refractivity contribution in [1.82, 2.24) is 5.32 Å². The summed E-state index contributed by atoms with van der Waals surface area (Å²) >= 11 is 0. The molecule has 0 amide bonds. The molecule has 1 heterocycles. The van der Waals surface area contributed by atoms with Crippen LogP contribution in [0.15, 0.2) is 11.8 Å². The molecule has 112 valence electrons.